The Balaban J connectivity index is 1.91. The molecule has 18 heavy (non-hydrogen) atoms. The number of benzene rings is 1. The van der Waals surface area contributed by atoms with Gasteiger partial charge in [0.25, 0.3) is 0 Å². The molecule has 1 atom stereocenters. The summed E-state index contributed by atoms with van der Waals surface area (Å²) >= 11 is 4.88. The van der Waals surface area contributed by atoms with Crippen LogP contribution in [0.1, 0.15) is 25.3 Å². The lowest BCUT2D eigenvalue weighted by atomic mass is 10.2. The average molecular weight is 263 g/mol. The molecule has 96 valence electrons. The molecule has 2 rings (SSSR count). The monoisotopic (exact) mass is 263 g/mol. The van der Waals surface area contributed by atoms with Crippen molar-refractivity contribution in [1.82, 2.24) is 5.32 Å². The molecule has 0 saturated heterocycles. The van der Waals surface area contributed by atoms with E-state index in [0.29, 0.717) is 11.0 Å². The van der Waals surface area contributed by atoms with Crippen molar-refractivity contribution in [1.29, 1.82) is 0 Å². The molecule has 4 nitrogen and oxygen atoms in total. The molecule has 0 aliphatic heterocycles. The summed E-state index contributed by atoms with van der Waals surface area (Å²) in [5, 5.41) is 6.11. The minimum absolute atomic E-state index is 0.0379. The van der Waals surface area contributed by atoms with Crippen molar-refractivity contribution >= 4 is 28.8 Å². The van der Waals surface area contributed by atoms with Gasteiger partial charge in [0.15, 0.2) is 0 Å². The van der Waals surface area contributed by atoms with E-state index in [1.54, 1.807) is 0 Å². The van der Waals surface area contributed by atoms with Crippen LogP contribution in [-0.2, 0) is 4.79 Å². The molecular weight excluding hydrogens is 246 g/mol. The van der Waals surface area contributed by atoms with Gasteiger partial charge in [-0.3, -0.25) is 4.79 Å². The number of carbonyl (C=O) groups is 1. The zero-order valence-corrected chi connectivity index (χ0v) is 11.1. The van der Waals surface area contributed by atoms with Crippen LogP contribution >= 0.6 is 12.2 Å². The first-order valence-corrected chi connectivity index (χ1v) is 6.44. The third kappa shape index (κ3) is 3.43. The summed E-state index contributed by atoms with van der Waals surface area (Å²) < 4.78 is 0. The molecule has 0 radical (unpaired) electrons. The number of carbonyl (C=O) groups excluding carboxylic acids is 1. The molecule has 1 saturated carbocycles. The minimum Gasteiger partial charge on any atom is -0.389 e. The number of thiocarbonyl (C=S) groups is 1. The fourth-order valence-corrected chi connectivity index (χ4v) is 1.74. The summed E-state index contributed by atoms with van der Waals surface area (Å²) in [5.74, 6) is 0.0379. The van der Waals surface area contributed by atoms with Crippen molar-refractivity contribution in [3.8, 4) is 0 Å². The van der Waals surface area contributed by atoms with Crippen molar-refractivity contribution in [3.05, 3.63) is 29.8 Å². The van der Waals surface area contributed by atoms with Crippen molar-refractivity contribution in [2.24, 2.45) is 5.73 Å². The standard InChI is InChI=1S/C13H17N3OS/c1-8(13(17)16-11-6-7-11)15-10-4-2-9(3-5-10)12(14)18/h2-5,8,11,15H,6-7H2,1H3,(H2,14,18)(H,16,17). The number of hydrogen-bond donors (Lipinski definition) is 3. The van der Waals surface area contributed by atoms with Crippen LogP contribution in [0.5, 0.6) is 0 Å². The first-order valence-electron chi connectivity index (χ1n) is 6.03. The van der Waals surface area contributed by atoms with Gasteiger partial charge in [0, 0.05) is 17.3 Å². The fourth-order valence-electron chi connectivity index (χ4n) is 1.60. The van der Waals surface area contributed by atoms with Gasteiger partial charge in [-0.15, -0.1) is 0 Å². The molecule has 1 amide bonds. The van der Waals surface area contributed by atoms with Crippen molar-refractivity contribution < 1.29 is 4.79 Å². The Hall–Kier alpha value is -1.62. The van der Waals surface area contributed by atoms with E-state index < -0.39 is 0 Å². The second-order valence-electron chi connectivity index (χ2n) is 4.59. The highest BCUT2D eigenvalue weighted by Crippen LogP contribution is 2.19. The van der Waals surface area contributed by atoms with Crippen molar-refractivity contribution in [2.75, 3.05) is 5.32 Å². The van der Waals surface area contributed by atoms with Crippen LogP contribution in [0.4, 0.5) is 5.69 Å². The maximum Gasteiger partial charge on any atom is 0.242 e. The minimum atomic E-state index is -0.249. The van der Waals surface area contributed by atoms with Gasteiger partial charge < -0.3 is 16.4 Å². The molecule has 1 aromatic rings. The van der Waals surface area contributed by atoms with E-state index in [4.69, 9.17) is 18.0 Å². The summed E-state index contributed by atoms with van der Waals surface area (Å²) in [6.45, 7) is 1.85. The number of anilines is 1. The Kier molecular flexibility index (Phi) is 3.81. The topological polar surface area (TPSA) is 67.1 Å². The maximum atomic E-state index is 11.8. The van der Waals surface area contributed by atoms with E-state index in [9.17, 15) is 4.79 Å². The SMILES string of the molecule is CC(Nc1ccc(C(N)=S)cc1)C(=O)NC1CC1. The fraction of sp³-hybridized carbons (Fsp3) is 0.385. The highest BCUT2D eigenvalue weighted by atomic mass is 32.1. The molecule has 1 unspecified atom stereocenters. The second-order valence-corrected chi connectivity index (χ2v) is 5.03. The van der Waals surface area contributed by atoms with Gasteiger partial charge in [0.05, 0.1) is 0 Å². The Labute approximate surface area is 112 Å². The molecule has 1 aliphatic carbocycles. The van der Waals surface area contributed by atoms with E-state index in [1.807, 2.05) is 31.2 Å². The summed E-state index contributed by atoms with van der Waals surface area (Å²) in [4.78, 5) is 12.1. The van der Waals surface area contributed by atoms with Crippen LogP contribution in [0.15, 0.2) is 24.3 Å². The molecule has 5 heteroatoms. The number of nitrogens with two attached hydrogens (primary N) is 1. The van der Waals surface area contributed by atoms with Gasteiger partial charge in [-0.1, -0.05) is 12.2 Å². The lowest BCUT2D eigenvalue weighted by molar-refractivity contribution is -0.121. The van der Waals surface area contributed by atoms with Gasteiger partial charge in [-0.05, 0) is 44.0 Å². The Bertz CT molecular complexity index is 454. The number of rotatable bonds is 5. The van der Waals surface area contributed by atoms with Gasteiger partial charge in [-0.2, -0.15) is 0 Å². The smallest absolute Gasteiger partial charge is 0.242 e. The number of nitrogens with one attached hydrogen (secondary N) is 2. The largest absolute Gasteiger partial charge is 0.389 e. The molecule has 0 heterocycles. The predicted molar refractivity (Wildman–Crippen MR) is 76.6 cm³/mol. The zero-order valence-electron chi connectivity index (χ0n) is 10.3. The van der Waals surface area contributed by atoms with E-state index in [0.717, 1.165) is 24.1 Å². The number of amides is 1. The van der Waals surface area contributed by atoms with Gasteiger partial charge in [-0.25, -0.2) is 0 Å². The molecular formula is C13H17N3OS. The lowest BCUT2D eigenvalue weighted by Gasteiger charge is -2.15. The first kappa shape index (κ1) is 12.8. The molecule has 1 aromatic carbocycles. The Morgan fingerprint density at radius 1 is 1.39 bits per heavy atom. The normalized spacial score (nSPS) is 15.8. The van der Waals surface area contributed by atoms with Crippen LogP contribution in [0.25, 0.3) is 0 Å². The molecule has 1 fully saturated rings. The van der Waals surface area contributed by atoms with E-state index >= 15 is 0 Å². The molecule has 0 aromatic heterocycles. The molecule has 0 spiro atoms. The van der Waals surface area contributed by atoms with Gasteiger partial charge >= 0.3 is 0 Å². The lowest BCUT2D eigenvalue weighted by Crippen LogP contribution is -2.38. The second kappa shape index (κ2) is 5.35. The summed E-state index contributed by atoms with van der Waals surface area (Å²) in [6, 6.07) is 7.57. The molecule has 1 aliphatic rings. The van der Waals surface area contributed by atoms with Crippen LogP contribution in [0, 0.1) is 0 Å². The van der Waals surface area contributed by atoms with Crippen LogP contribution < -0.4 is 16.4 Å². The van der Waals surface area contributed by atoms with E-state index in [-0.39, 0.29) is 11.9 Å². The van der Waals surface area contributed by atoms with Gasteiger partial charge in [0.2, 0.25) is 5.91 Å². The number of hydrogen-bond acceptors (Lipinski definition) is 3. The third-order valence-electron chi connectivity index (χ3n) is 2.87. The quantitative estimate of drug-likeness (QED) is 0.703. The first-order chi connectivity index (χ1) is 8.56. The van der Waals surface area contributed by atoms with Crippen LogP contribution in [0.3, 0.4) is 0 Å². The average Bonchev–Trinajstić information content (AvgIpc) is 3.13. The van der Waals surface area contributed by atoms with E-state index in [1.165, 1.54) is 0 Å². The molecule has 0 bridgehead atoms. The third-order valence-corrected chi connectivity index (χ3v) is 3.11. The van der Waals surface area contributed by atoms with Gasteiger partial charge in [0.1, 0.15) is 11.0 Å². The van der Waals surface area contributed by atoms with Crippen LogP contribution in [0.2, 0.25) is 0 Å². The molecule has 4 N–H and O–H groups in total. The summed E-state index contributed by atoms with van der Waals surface area (Å²) in [7, 11) is 0. The predicted octanol–water partition coefficient (Wildman–Crippen LogP) is 1.40. The van der Waals surface area contributed by atoms with Crippen molar-refractivity contribution in [3.63, 3.8) is 0 Å². The Morgan fingerprint density at radius 3 is 2.50 bits per heavy atom. The maximum absolute atomic E-state index is 11.8. The van der Waals surface area contributed by atoms with E-state index in [2.05, 4.69) is 10.6 Å². The summed E-state index contributed by atoms with van der Waals surface area (Å²) in [6.07, 6.45) is 2.20. The highest BCUT2D eigenvalue weighted by Gasteiger charge is 2.25. The highest BCUT2D eigenvalue weighted by molar-refractivity contribution is 7.80. The zero-order chi connectivity index (χ0) is 13.1. The Morgan fingerprint density at radius 2 is 2.00 bits per heavy atom. The summed E-state index contributed by atoms with van der Waals surface area (Å²) in [5.41, 5.74) is 7.23. The van der Waals surface area contributed by atoms with Crippen LogP contribution in [-0.4, -0.2) is 23.0 Å². The van der Waals surface area contributed by atoms with Crippen molar-refractivity contribution in [2.45, 2.75) is 31.8 Å².